The van der Waals surface area contributed by atoms with E-state index in [0.29, 0.717) is 11.5 Å². The van der Waals surface area contributed by atoms with Crippen LogP contribution >= 0.6 is 0 Å². The first-order chi connectivity index (χ1) is 11.5. The van der Waals surface area contributed by atoms with E-state index >= 15 is 0 Å². The van der Waals surface area contributed by atoms with Crippen molar-refractivity contribution in [2.45, 2.75) is 19.5 Å². The Labute approximate surface area is 137 Å². The highest BCUT2D eigenvalue weighted by Crippen LogP contribution is 2.35. The summed E-state index contributed by atoms with van der Waals surface area (Å²) in [6.45, 7) is 1.93. The number of rotatable bonds is 3. The van der Waals surface area contributed by atoms with Gasteiger partial charge in [-0.15, -0.1) is 0 Å². The summed E-state index contributed by atoms with van der Waals surface area (Å²) >= 11 is 0. The van der Waals surface area contributed by atoms with Crippen LogP contribution in [0.15, 0.2) is 30.6 Å². The minimum atomic E-state index is -1.03. The minimum absolute atomic E-state index is 0.288. The number of fused-ring (bicyclic) bond motifs is 1. The van der Waals surface area contributed by atoms with Crippen molar-refractivity contribution >= 4 is 28.2 Å². The van der Waals surface area contributed by atoms with Crippen molar-refractivity contribution in [3.8, 4) is 11.1 Å². The average molecular weight is 325 g/mol. The number of alkyl halides is 1. The van der Waals surface area contributed by atoms with Gasteiger partial charge in [-0.05, 0) is 42.5 Å². The maximum atomic E-state index is 13.0. The van der Waals surface area contributed by atoms with E-state index in [1.807, 2.05) is 19.1 Å². The molecule has 0 bridgehead atoms. The number of halogens is 1. The number of hydrogen-bond acceptors (Lipinski definition) is 4. The van der Waals surface area contributed by atoms with Crippen LogP contribution in [0.2, 0.25) is 0 Å². The van der Waals surface area contributed by atoms with Gasteiger partial charge >= 0.3 is 0 Å². The van der Waals surface area contributed by atoms with Crippen molar-refractivity contribution < 1.29 is 9.18 Å². The Morgan fingerprint density at radius 3 is 2.83 bits per heavy atom. The van der Waals surface area contributed by atoms with Crippen LogP contribution in [-0.2, 0) is 4.79 Å². The molecule has 6 nitrogen and oxygen atoms in total. The molecule has 1 amide bonds. The Morgan fingerprint density at radius 2 is 2.17 bits per heavy atom. The molecule has 0 spiro atoms. The summed E-state index contributed by atoms with van der Waals surface area (Å²) in [6, 6.07) is 5.59. The molecule has 2 atom stereocenters. The molecule has 0 aliphatic heterocycles. The molecule has 0 saturated heterocycles. The lowest BCUT2D eigenvalue weighted by molar-refractivity contribution is -0.117. The van der Waals surface area contributed by atoms with Gasteiger partial charge in [0.05, 0.1) is 12.1 Å². The lowest BCUT2D eigenvalue weighted by Gasteiger charge is -2.09. The SMILES string of the molecule is Cc1[nH]ncc1-c1cc(N)c2cnc(NC(=O)C3CC3F)cc2c1. The quantitative estimate of drug-likeness (QED) is 0.645. The highest BCUT2D eigenvalue weighted by molar-refractivity contribution is 6.00. The summed E-state index contributed by atoms with van der Waals surface area (Å²) in [4.78, 5) is 16.1. The van der Waals surface area contributed by atoms with Crippen LogP contribution < -0.4 is 11.1 Å². The number of carbonyl (C=O) groups excluding carboxylic acids is 1. The third-order valence-corrected chi connectivity index (χ3v) is 4.31. The first kappa shape index (κ1) is 14.6. The molecule has 122 valence electrons. The first-order valence-electron chi connectivity index (χ1n) is 7.67. The molecule has 1 aliphatic rings. The zero-order valence-electron chi connectivity index (χ0n) is 13.0. The number of nitrogens with two attached hydrogens (primary N) is 1. The number of aryl methyl sites for hydroxylation is 1. The molecule has 1 aliphatic carbocycles. The van der Waals surface area contributed by atoms with Crippen molar-refractivity contribution in [2.24, 2.45) is 5.92 Å². The number of H-pyrrole nitrogens is 1. The standard InChI is InChI=1S/C17H16FN5O/c1-8-12(7-21-23-8)9-2-10-4-16(20-6-13(10)15(19)3-9)22-17(24)11-5-14(11)18/h2-4,6-7,11,14H,5,19H2,1H3,(H,21,23)(H,20,22,24). The van der Waals surface area contributed by atoms with Crippen LogP contribution in [0.1, 0.15) is 12.1 Å². The van der Waals surface area contributed by atoms with Crippen LogP contribution in [0.3, 0.4) is 0 Å². The topological polar surface area (TPSA) is 96.7 Å². The number of aromatic amines is 1. The molecule has 2 aromatic heterocycles. The maximum absolute atomic E-state index is 13.0. The second-order valence-electron chi connectivity index (χ2n) is 6.11. The Bertz CT molecular complexity index is 951. The molecule has 1 saturated carbocycles. The molecule has 4 N–H and O–H groups in total. The number of nitrogens with zero attached hydrogens (tertiary/aromatic N) is 2. The number of amides is 1. The van der Waals surface area contributed by atoms with Gasteiger partial charge in [0, 0.05) is 28.5 Å². The zero-order chi connectivity index (χ0) is 16.8. The van der Waals surface area contributed by atoms with E-state index in [-0.39, 0.29) is 12.3 Å². The van der Waals surface area contributed by atoms with E-state index in [4.69, 9.17) is 5.73 Å². The third-order valence-electron chi connectivity index (χ3n) is 4.31. The lowest BCUT2D eigenvalue weighted by Crippen LogP contribution is -2.15. The molecule has 24 heavy (non-hydrogen) atoms. The smallest absolute Gasteiger partial charge is 0.231 e. The number of benzene rings is 1. The van der Waals surface area contributed by atoms with Crippen LogP contribution in [-0.4, -0.2) is 27.3 Å². The van der Waals surface area contributed by atoms with Crippen LogP contribution in [0, 0.1) is 12.8 Å². The van der Waals surface area contributed by atoms with Gasteiger partial charge < -0.3 is 11.1 Å². The van der Waals surface area contributed by atoms with Gasteiger partial charge in [0.2, 0.25) is 5.91 Å². The van der Waals surface area contributed by atoms with E-state index in [2.05, 4.69) is 20.5 Å². The number of carbonyl (C=O) groups is 1. The van der Waals surface area contributed by atoms with Crippen molar-refractivity contribution in [1.82, 2.24) is 15.2 Å². The summed E-state index contributed by atoms with van der Waals surface area (Å²) in [5, 5.41) is 11.2. The number of nitrogen functional groups attached to an aromatic ring is 1. The minimum Gasteiger partial charge on any atom is -0.398 e. The summed E-state index contributed by atoms with van der Waals surface area (Å²) in [5.74, 6) is -0.483. The van der Waals surface area contributed by atoms with Gasteiger partial charge in [0.25, 0.3) is 0 Å². The number of pyridine rings is 1. The van der Waals surface area contributed by atoms with Gasteiger partial charge in [-0.2, -0.15) is 5.10 Å². The van der Waals surface area contributed by atoms with Crippen LogP contribution in [0.4, 0.5) is 15.9 Å². The van der Waals surface area contributed by atoms with E-state index in [9.17, 15) is 9.18 Å². The van der Waals surface area contributed by atoms with E-state index in [0.717, 1.165) is 27.6 Å². The molecule has 2 heterocycles. The van der Waals surface area contributed by atoms with E-state index < -0.39 is 12.1 Å². The monoisotopic (exact) mass is 325 g/mol. The normalized spacial score (nSPS) is 19.4. The van der Waals surface area contributed by atoms with Gasteiger partial charge in [0.15, 0.2) is 0 Å². The number of nitrogens with one attached hydrogen (secondary N) is 2. The molecule has 4 rings (SSSR count). The summed E-state index contributed by atoms with van der Waals surface area (Å²) in [7, 11) is 0. The van der Waals surface area contributed by atoms with Gasteiger partial charge in [-0.3, -0.25) is 9.89 Å². The highest BCUT2D eigenvalue weighted by Gasteiger charge is 2.43. The molecular formula is C17H16FN5O. The first-order valence-corrected chi connectivity index (χ1v) is 7.67. The Morgan fingerprint density at radius 1 is 1.38 bits per heavy atom. The third kappa shape index (κ3) is 2.47. The lowest BCUT2D eigenvalue weighted by atomic mass is 10.0. The number of hydrogen-bond donors (Lipinski definition) is 3. The number of aromatic nitrogens is 3. The fraction of sp³-hybridized carbons (Fsp3) is 0.235. The predicted octanol–water partition coefficient (Wildman–Crippen LogP) is 2.81. The molecule has 1 aromatic carbocycles. The molecular weight excluding hydrogens is 309 g/mol. The molecule has 7 heteroatoms. The van der Waals surface area contributed by atoms with Crippen LogP contribution in [0.5, 0.6) is 0 Å². The fourth-order valence-electron chi connectivity index (χ4n) is 2.81. The summed E-state index contributed by atoms with van der Waals surface area (Å²) < 4.78 is 13.0. The van der Waals surface area contributed by atoms with Gasteiger partial charge in [-0.1, -0.05) is 0 Å². The molecule has 3 aromatic rings. The highest BCUT2D eigenvalue weighted by atomic mass is 19.1. The zero-order valence-corrected chi connectivity index (χ0v) is 13.0. The average Bonchev–Trinajstić information content (AvgIpc) is 3.12. The Balaban J connectivity index is 1.72. The predicted molar refractivity (Wildman–Crippen MR) is 90.1 cm³/mol. The fourth-order valence-corrected chi connectivity index (χ4v) is 2.81. The molecule has 2 unspecified atom stereocenters. The number of anilines is 2. The molecule has 0 radical (unpaired) electrons. The van der Waals surface area contributed by atoms with Crippen molar-refractivity contribution in [2.75, 3.05) is 11.1 Å². The summed E-state index contributed by atoms with van der Waals surface area (Å²) in [6.07, 6.45) is 2.62. The summed E-state index contributed by atoms with van der Waals surface area (Å²) in [5.41, 5.74) is 9.57. The molecule has 1 fully saturated rings. The van der Waals surface area contributed by atoms with E-state index in [1.54, 1.807) is 18.5 Å². The van der Waals surface area contributed by atoms with Gasteiger partial charge in [0.1, 0.15) is 12.0 Å². The van der Waals surface area contributed by atoms with E-state index in [1.165, 1.54) is 0 Å². The Hall–Kier alpha value is -2.96. The second kappa shape index (κ2) is 5.30. The second-order valence-corrected chi connectivity index (χ2v) is 6.11. The van der Waals surface area contributed by atoms with Crippen molar-refractivity contribution in [3.63, 3.8) is 0 Å². The maximum Gasteiger partial charge on any atom is 0.231 e. The van der Waals surface area contributed by atoms with Crippen LogP contribution in [0.25, 0.3) is 21.9 Å². The Kier molecular flexibility index (Phi) is 3.23. The van der Waals surface area contributed by atoms with Gasteiger partial charge in [-0.25, -0.2) is 9.37 Å². The van der Waals surface area contributed by atoms with Crippen molar-refractivity contribution in [1.29, 1.82) is 0 Å². The largest absolute Gasteiger partial charge is 0.398 e. The van der Waals surface area contributed by atoms with Crippen molar-refractivity contribution in [3.05, 3.63) is 36.3 Å².